The van der Waals surface area contributed by atoms with Crippen LogP contribution in [0.15, 0.2) is 0 Å². The Balaban J connectivity index is 2.40. The minimum atomic E-state index is -0.842. The number of hydrogen-bond donors (Lipinski definition) is 2. The Bertz CT molecular complexity index is 361. The third kappa shape index (κ3) is 5.36. The van der Waals surface area contributed by atoms with E-state index in [0.29, 0.717) is 13.1 Å². The normalized spacial score (nSPS) is 17.8. The predicted molar refractivity (Wildman–Crippen MR) is 77.2 cm³/mol. The zero-order valence-electron chi connectivity index (χ0n) is 13.2. The molecule has 6 heteroatoms. The van der Waals surface area contributed by atoms with E-state index in [1.54, 1.807) is 18.7 Å². The minimum Gasteiger partial charge on any atom is -0.444 e. The van der Waals surface area contributed by atoms with Crippen molar-refractivity contribution in [1.29, 1.82) is 0 Å². The Hall–Kier alpha value is -1.30. The van der Waals surface area contributed by atoms with Gasteiger partial charge in [0.2, 0.25) is 5.91 Å². The molecule has 0 saturated carbocycles. The maximum atomic E-state index is 12.0. The van der Waals surface area contributed by atoms with Crippen LogP contribution in [0.2, 0.25) is 0 Å². The minimum absolute atomic E-state index is 0.0479. The van der Waals surface area contributed by atoms with Gasteiger partial charge in [-0.3, -0.25) is 4.79 Å². The molecule has 0 aliphatic carbocycles. The first-order valence-electron chi connectivity index (χ1n) is 7.07. The summed E-state index contributed by atoms with van der Waals surface area (Å²) in [6, 6.07) is 0.0507. The molecular weight excluding hydrogens is 258 g/mol. The Morgan fingerprint density at radius 2 is 1.65 bits per heavy atom. The van der Waals surface area contributed by atoms with Crippen molar-refractivity contribution in [1.82, 2.24) is 10.2 Å². The average Bonchev–Trinajstić information content (AvgIpc) is 2.25. The number of piperidine rings is 1. The number of nitrogens with two attached hydrogens (primary N) is 1. The lowest BCUT2D eigenvalue weighted by molar-refractivity contribution is -0.136. The number of rotatable bonds is 2. The second kappa shape index (κ2) is 5.99. The number of hydrogen-bond acceptors (Lipinski definition) is 4. The van der Waals surface area contributed by atoms with Gasteiger partial charge in [-0.1, -0.05) is 0 Å². The molecule has 1 heterocycles. The Morgan fingerprint density at radius 1 is 1.15 bits per heavy atom. The largest absolute Gasteiger partial charge is 0.444 e. The first-order chi connectivity index (χ1) is 8.99. The molecule has 0 spiro atoms. The molecule has 1 rings (SSSR count). The highest BCUT2D eigenvalue weighted by Crippen LogP contribution is 2.15. The number of ether oxygens (including phenoxy) is 1. The summed E-state index contributed by atoms with van der Waals surface area (Å²) >= 11 is 0. The summed E-state index contributed by atoms with van der Waals surface area (Å²) in [5.41, 5.74) is 4.48. The van der Waals surface area contributed by atoms with Crippen LogP contribution < -0.4 is 11.1 Å². The molecule has 20 heavy (non-hydrogen) atoms. The molecule has 2 amide bonds. The Kier molecular flexibility index (Phi) is 5.02. The maximum Gasteiger partial charge on any atom is 0.407 e. The van der Waals surface area contributed by atoms with E-state index < -0.39 is 17.2 Å². The topological polar surface area (TPSA) is 84.7 Å². The van der Waals surface area contributed by atoms with E-state index in [0.717, 1.165) is 12.8 Å². The van der Waals surface area contributed by atoms with Gasteiger partial charge in [0, 0.05) is 19.1 Å². The van der Waals surface area contributed by atoms with E-state index in [1.165, 1.54) is 0 Å². The first kappa shape index (κ1) is 16.8. The van der Waals surface area contributed by atoms with Gasteiger partial charge in [0.15, 0.2) is 0 Å². The molecular formula is C14H27N3O3. The third-order valence-electron chi connectivity index (χ3n) is 3.05. The summed E-state index contributed by atoms with van der Waals surface area (Å²) in [4.78, 5) is 25.4. The van der Waals surface area contributed by atoms with Gasteiger partial charge >= 0.3 is 6.09 Å². The van der Waals surface area contributed by atoms with Crippen LogP contribution >= 0.6 is 0 Å². The zero-order chi connectivity index (χ0) is 15.6. The maximum absolute atomic E-state index is 12.0. The predicted octanol–water partition coefficient (Wildman–Crippen LogP) is 1.24. The smallest absolute Gasteiger partial charge is 0.407 e. The summed E-state index contributed by atoms with van der Waals surface area (Å²) in [6.07, 6.45) is 1.05. The van der Waals surface area contributed by atoms with E-state index in [-0.39, 0.29) is 11.9 Å². The van der Waals surface area contributed by atoms with Crippen molar-refractivity contribution in [3.8, 4) is 0 Å². The van der Waals surface area contributed by atoms with Gasteiger partial charge < -0.3 is 20.7 Å². The van der Waals surface area contributed by atoms with Gasteiger partial charge in [-0.05, 0) is 47.5 Å². The number of carbonyl (C=O) groups is 2. The number of nitrogens with zero attached hydrogens (tertiary/aromatic N) is 1. The van der Waals surface area contributed by atoms with Gasteiger partial charge in [-0.25, -0.2) is 4.79 Å². The molecule has 1 saturated heterocycles. The van der Waals surface area contributed by atoms with Crippen molar-refractivity contribution in [2.24, 2.45) is 5.73 Å². The van der Waals surface area contributed by atoms with Gasteiger partial charge in [-0.15, -0.1) is 0 Å². The van der Waals surface area contributed by atoms with Crippen LogP contribution in [0.25, 0.3) is 0 Å². The van der Waals surface area contributed by atoms with Crippen LogP contribution in [-0.4, -0.2) is 47.2 Å². The summed E-state index contributed by atoms with van der Waals surface area (Å²) in [7, 11) is 0. The average molecular weight is 285 g/mol. The van der Waals surface area contributed by atoms with Gasteiger partial charge in [-0.2, -0.15) is 0 Å². The fraction of sp³-hybridized carbons (Fsp3) is 0.857. The van der Waals surface area contributed by atoms with Crippen molar-refractivity contribution in [2.75, 3.05) is 13.1 Å². The fourth-order valence-corrected chi connectivity index (χ4v) is 2.11. The quantitative estimate of drug-likeness (QED) is 0.799. The van der Waals surface area contributed by atoms with Gasteiger partial charge in [0.1, 0.15) is 5.60 Å². The molecule has 0 aromatic heterocycles. The second-order valence-corrected chi connectivity index (χ2v) is 6.93. The number of carbonyl (C=O) groups excluding carboxylic acids is 2. The number of nitrogens with one attached hydrogen (secondary N) is 1. The van der Waals surface area contributed by atoms with E-state index in [1.807, 2.05) is 20.8 Å². The lowest BCUT2D eigenvalue weighted by atomic mass is 10.0. The molecule has 0 aromatic carbocycles. The summed E-state index contributed by atoms with van der Waals surface area (Å²) in [6.45, 7) is 10.1. The van der Waals surface area contributed by atoms with Crippen LogP contribution in [0, 0.1) is 0 Å². The lowest BCUT2D eigenvalue weighted by Gasteiger charge is -2.36. The van der Waals surface area contributed by atoms with E-state index in [2.05, 4.69) is 5.32 Å². The third-order valence-corrected chi connectivity index (χ3v) is 3.05. The molecule has 0 bridgehead atoms. The van der Waals surface area contributed by atoms with Crippen LogP contribution in [0.4, 0.5) is 4.79 Å². The number of likely N-dealkylation sites (tertiary alicyclic amines) is 1. The molecule has 1 aliphatic heterocycles. The number of amides is 2. The lowest BCUT2D eigenvalue weighted by Crippen LogP contribution is -2.55. The summed E-state index contributed by atoms with van der Waals surface area (Å²) < 4.78 is 5.22. The van der Waals surface area contributed by atoms with Crippen molar-refractivity contribution >= 4 is 12.0 Å². The number of alkyl carbamates (subject to hydrolysis) is 1. The first-order valence-corrected chi connectivity index (χ1v) is 7.07. The SMILES string of the molecule is CC(C)(C)OC(=O)NC1CCN(C(=O)C(C)(C)N)CC1. The molecule has 1 aliphatic rings. The summed E-state index contributed by atoms with van der Waals surface area (Å²) in [5.74, 6) is -0.0479. The molecule has 116 valence electrons. The zero-order valence-corrected chi connectivity index (χ0v) is 13.2. The van der Waals surface area contributed by atoms with Crippen molar-refractivity contribution < 1.29 is 14.3 Å². The highest BCUT2D eigenvalue weighted by molar-refractivity contribution is 5.85. The molecule has 1 fully saturated rings. The molecule has 3 N–H and O–H groups in total. The molecule has 0 unspecified atom stereocenters. The molecule has 6 nitrogen and oxygen atoms in total. The summed E-state index contributed by atoms with van der Waals surface area (Å²) in [5, 5.41) is 2.84. The van der Waals surface area contributed by atoms with Gasteiger partial charge in [0.25, 0.3) is 0 Å². The van der Waals surface area contributed by atoms with Crippen LogP contribution in [0.5, 0.6) is 0 Å². The standard InChI is InChI=1S/C14H27N3O3/c1-13(2,3)20-12(19)16-10-6-8-17(9-7-10)11(18)14(4,5)15/h10H,6-9,15H2,1-5H3,(H,16,19). The van der Waals surface area contributed by atoms with E-state index in [4.69, 9.17) is 10.5 Å². The second-order valence-electron chi connectivity index (χ2n) is 6.93. The monoisotopic (exact) mass is 285 g/mol. The Morgan fingerprint density at radius 3 is 2.05 bits per heavy atom. The molecule has 0 aromatic rings. The van der Waals surface area contributed by atoms with Gasteiger partial charge in [0.05, 0.1) is 5.54 Å². The van der Waals surface area contributed by atoms with Crippen molar-refractivity contribution in [3.05, 3.63) is 0 Å². The fourth-order valence-electron chi connectivity index (χ4n) is 2.11. The van der Waals surface area contributed by atoms with Crippen LogP contribution in [0.3, 0.4) is 0 Å². The highest BCUT2D eigenvalue weighted by atomic mass is 16.6. The molecule has 0 atom stereocenters. The van der Waals surface area contributed by atoms with Crippen molar-refractivity contribution in [3.63, 3.8) is 0 Å². The van der Waals surface area contributed by atoms with Crippen molar-refractivity contribution in [2.45, 2.75) is 64.6 Å². The highest BCUT2D eigenvalue weighted by Gasteiger charge is 2.31. The Labute approximate surface area is 121 Å². The van der Waals surface area contributed by atoms with E-state index >= 15 is 0 Å². The van der Waals surface area contributed by atoms with E-state index in [9.17, 15) is 9.59 Å². The van der Waals surface area contributed by atoms with Crippen LogP contribution in [-0.2, 0) is 9.53 Å². The molecule has 0 radical (unpaired) electrons. The van der Waals surface area contributed by atoms with Crippen LogP contribution in [0.1, 0.15) is 47.5 Å².